The Hall–Kier alpha value is -1.00. The van der Waals surface area contributed by atoms with Crippen molar-refractivity contribution in [3.05, 3.63) is 35.4 Å². The van der Waals surface area contributed by atoms with Gasteiger partial charge in [-0.05, 0) is 43.4 Å². The summed E-state index contributed by atoms with van der Waals surface area (Å²) >= 11 is 0. The van der Waals surface area contributed by atoms with Crippen molar-refractivity contribution < 1.29 is 13.9 Å². The van der Waals surface area contributed by atoms with Gasteiger partial charge in [-0.15, -0.1) is 0 Å². The molecule has 0 saturated heterocycles. The third-order valence-electron chi connectivity index (χ3n) is 3.17. The summed E-state index contributed by atoms with van der Waals surface area (Å²) in [5.41, 5.74) is 0.391. The summed E-state index contributed by atoms with van der Waals surface area (Å²) in [7, 11) is 0. The van der Waals surface area contributed by atoms with Gasteiger partial charge in [0.15, 0.2) is 11.6 Å². The van der Waals surface area contributed by atoms with Crippen LogP contribution in [0.3, 0.4) is 0 Å². The van der Waals surface area contributed by atoms with Crippen LogP contribution in [0.15, 0.2) is 18.2 Å². The zero-order valence-corrected chi connectivity index (χ0v) is 11.8. The second kappa shape index (κ2) is 7.56. The maximum Gasteiger partial charge on any atom is 0.159 e. The van der Waals surface area contributed by atoms with Crippen LogP contribution in [0.2, 0.25) is 0 Å². The molecule has 0 aliphatic heterocycles. The summed E-state index contributed by atoms with van der Waals surface area (Å²) in [5, 5.41) is 13.1. The molecule has 19 heavy (non-hydrogen) atoms. The van der Waals surface area contributed by atoms with E-state index < -0.39 is 17.7 Å². The van der Waals surface area contributed by atoms with E-state index in [1.54, 1.807) is 0 Å². The lowest BCUT2D eigenvalue weighted by atomic mass is 10.0. The van der Waals surface area contributed by atoms with E-state index in [0.29, 0.717) is 24.1 Å². The number of benzene rings is 1. The predicted molar refractivity (Wildman–Crippen MR) is 72.9 cm³/mol. The Morgan fingerprint density at radius 3 is 2.37 bits per heavy atom. The van der Waals surface area contributed by atoms with Gasteiger partial charge in [0.2, 0.25) is 0 Å². The van der Waals surface area contributed by atoms with Crippen LogP contribution in [-0.4, -0.2) is 17.7 Å². The minimum absolute atomic E-state index is 0.294. The zero-order chi connectivity index (χ0) is 14.4. The Morgan fingerprint density at radius 1 is 1.11 bits per heavy atom. The van der Waals surface area contributed by atoms with Gasteiger partial charge >= 0.3 is 0 Å². The van der Waals surface area contributed by atoms with E-state index in [1.807, 2.05) is 0 Å². The number of halogens is 2. The molecule has 0 spiro atoms. The molecule has 2 unspecified atom stereocenters. The second-order valence-corrected chi connectivity index (χ2v) is 5.47. The lowest BCUT2D eigenvalue weighted by molar-refractivity contribution is 0.169. The zero-order valence-electron chi connectivity index (χ0n) is 11.8. The molecular weight excluding hydrogens is 248 g/mol. The second-order valence-electron chi connectivity index (χ2n) is 5.47. The van der Waals surface area contributed by atoms with Gasteiger partial charge in [-0.1, -0.05) is 19.9 Å². The van der Waals surface area contributed by atoms with Crippen molar-refractivity contribution in [2.75, 3.05) is 6.54 Å². The molecule has 0 aromatic heterocycles. The Labute approximate surface area is 113 Å². The Morgan fingerprint density at radius 2 is 1.79 bits per heavy atom. The van der Waals surface area contributed by atoms with Crippen molar-refractivity contribution in [2.45, 2.75) is 45.8 Å². The minimum atomic E-state index is -0.926. The van der Waals surface area contributed by atoms with Gasteiger partial charge < -0.3 is 10.4 Å². The topological polar surface area (TPSA) is 32.3 Å². The van der Waals surface area contributed by atoms with Crippen LogP contribution in [0, 0.1) is 17.6 Å². The Balaban J connectivity index is 2.42. The van der Waals surface area contributed by atoms with E-state index in [-0.39, 0.29) is 0 Å². The molecule has 0 heterocycles. The molecule has 4 heteroatoms. The molecule has 0 saturated carbocycles. The van der Waals surface area contributed by atoms with Crippen molar-refractivity contribution in [3.8, 4) is 0 Å². The molecule has 0 radical (unpaired) electrons. The number of rotatable bonds is 7. The molecule has 108 valence electrons. The maximum absolute atomic E-state index is 13.0. The molecular formula is C15H23F2NO. The standard InChI is InChI=1S/C15H23F2NO/c1-10(2)4-5-11(3)18-9-15(19)12-6-7-13(16)14(17)8-12/h6-8,10-11,15,18-19H,4-5,9H2,1-3H3. The van der Waals surface area contributed by atoms with Gasteiger partial charge in [0, 0.05) is 12.6 Å². The fourth-order valence-corrected chi connectivity index (χ4v) is 1.84. The van der Waals surface area contributed by atoms with Crippen LogP contribution in [0.25, 0.3) is 0 Å². The first kappa shape index (κ1) is 16.1. The first-order chi connectivity index (χ1) is 8.90. The fourth-order valence-electron chi connectivity index (χ4n) is 1.84. The van der Waals surface area contributed by atoms with E-state index in [1.165, 1.54) is 6.07 Å². The van der Waals surface area contributed by atoms with Gasteiger partial charge in [0.25, 0.3) is 0 Å². The van der Waals surface area contributed by atoms with Crippen molar-refractivity contribution in [2.24, 2.45) is 5.92 Å². The van der Waals surface area contributed by atoms with E-state index in [4.69, 9.17) is 0 Å². The van der Waals surface area contributed by atoms with Crippen LogP contribution in [0.1, 0.15) is 45.3 Å². The van der Waals surface area contributed by atoms with Gasteiger partial charge in [-0.3, -0.25) is 0 Å². The van der Waals surface area contributed by atoms with Crippen LogP contribution in [-0.2, 0) is 0 Å². The molecule has 2 atom stereocenters. The highest BCUT2D eigenvalue weighted by atomic mass is 19.2. The quantitative estimate of drug-likeness (QED) is 0.796. The number of hydrogen-bond acceptors (Lipinski definition) is 2. The minimum Gasteiger partial charge on any atom is -0.387 e. The van der Waals surface area contributed by atoms with Gasteiger partial charge in [0.1, 0.15) is 0 Å². The monoisotopic (exact) mass is 271 g/mol. The highest BCUT2D eigenvalue weighted by molar-refractivity contribution is 5.20. The number of hydrogen-bond donors (Lipinski definition) is 2. The normalized spacial score (nSPS) is 14.7. The summed E-state index contributed by atoms with van der Waals surface area (Å²) in [6, 6.07) is 3.78. The van der Waals surface area contributed by atoms with Crippen LogP contribution in [0.5, 0.6) is 0 Å². The number of aliphatic hydroxyl groups is 1. The van der Waals surface area contributed by atoms with Gasteiger partial charge in [-0.2, -0.15) is 0 Å². The van der Waals surface area contributed by atoms with Crippen LogP contribution < -0.4 is 5.32 Å². The molecule has 1 aromatic rings. The molecule has 2 N–H and O–H groups in total. The summed E-state index contributed by atoms with van der Waals surface area (Å²) in [6.45, 7) is 6.73. The molecule has 0 amide bonds. The summed E-state index contributed by atoms with van der Waals surface area (Å²) in [6.07, 6.45) is 1.33. The molecule has 0 aliphatic carbocycles. The lowest BCUT2D eigenvalue weighted by Gasteiger charge is -2.18. The molecule has 1 aromatic carbocycles. The number of nitrogens with one attached hydrogen (secondary N) is 1. The predicted octanol–water partition coefficient (Wildman–Crippen LogP) is 3.41. The van der Waals surface area contributed by atoms with Crippen molar-refractivity contribution in [1.29, 1.82) is 0 Å². The largest absolute Gasteiger partial charge is 0.387 e. The Kier molecular flexibility index (Phi) is 6.38. The van der Waals surface area contributed by atoms with Gasteiger partial charge in [0.05, 0.1) is 6.10 Å². The number of aliphatic hydroxyl groups excluding tert-OH is 1. The first-order valence-electron chi connectivity index (χ1n) is 6.76. The SMILES string of the molecule is CC(C)CCC(C)NCC(O)c1ccc(F)c(F)c1. The molecule has 0 fully saturated rings. The summed E-state index contributed by atoms with van der Waals surface area (Å²) in [5.74, 6) is -1.17. The van der Waals surface area contributed by atoms with Gasteiger partial charge in [-0.25, -0.2) is 8.78 Å². The van der Waals surface area contributed by atoms with Crippen molar-refractivity contribution >= 4 is 0 Å². The lowest BCUT2D eigenvalue weighted by Crippen LogP contribution is -2.30. The average molecular weight is 271 g/mol. The highest BCUT2D eigenvalue weighted by Crippen LogP contribution is 2.16. The Bertz CT molecular complexity index is 396. The van der Waals surface area contributed by atoms with Crippen molar-refractivity contribution in [1.82, 2.24) is 5.32 Å². The molecule has 1 rings (SSSR count). The summed E-state index contributed by atoms with van der Waals surface area (Å²) < 4.78 is 25.8. The average Bonchev–Trinajstić information content (AvgIpc) is 2.36. The first-order valence-corrected chi connectivity index (χ1v) is 6.76. The maximum atomic E-state index is 13.0. The van der Waals surface area contributed by atoms with E-state index >= 15 is 0 Å². The third kappa shape index (κ3) is 5.66. The molecule has 0 bridgehead atoms. The fraction of sp³-hybridized carbons (Fsp3) is 0.600. The molecule has 0 aliphatic rings. The highest BCUT2D eigenvalue weighted by Gasteiger charge is 2.12. The third-order valence-corrected chi connectivity index (χ3v) is 3.17. The van der Waals surface area contributed by atoms with E-state index in [9.17, 15) is 13.9 Å². The van der Waals surface area contributed by atoms with E-state index in [0.717, 1.165) is 25.0 Å². The molecule has 2 nitrogen and oxygen atoms in total. The van der Waals surface area contributed by atoms with Crippen LogP contribution >= 0.6 is 0 Å². The van der Waals surface area contributed by atoms with Crippen LogP contribution in [0.4, 0.5) is 8.78 Å². The smallest absolute Gasteiger partial charge is 0.159 e. The summed E-state index contributed by atoms with van der Waals surface area (Å²) in [4.78, 5) is 0. The van der Waals surface area contributed by atoms with Crippen molar-refractivity contribution in [3.63, 3.8) is 0 Å². The van der Waals surface area contributed by atoms with E-state index in [2.05, 4.69) is 26.1 Å².